The Hall–Kier alpha value is -0.970. The molecule has 1 nitrogen and oxygen atoms in total. The maximum atomic E-state index is 13.0. The van der Waals surface area contributed by atoms with Gasteiger partial charge in [-0.2, -0.15) is 0 Å². The third-order valence-corrected chi connectivity index (χ3v) is 3.61. The third kappa shape index (κ3) is 3.03. The molecule has 0 aliphatic heterocycles. The first kappa shape index (κ1) is 12.5. The lowest BCUT2D eigenvalue weighted by molar-refractivity contribution is 0.179. The summed E-state index contributed by atoms with van der Waals surface area (Å²) in [6.45, 7) is 0. The van der Waals surface area contributed by atoms with Gasteiger partial charge in [0.1, 0.15) is 0 Å². The van der Waals surface area contributed by atoms with Gasteiger partial charge >= 0.3 is 0 Å². The van der Waals surface area contributed by atoms with Crippen molar-refractivity contribution in [2.75, 3.05) is 0 Å². The predicted molar refractivity (Wildman–Crippen MR) is 64.4 cm³/mol. The highest BCUT2D eigenvalue weighted by Gasteiger charge is 2.12. The van der Waals surface area contributed by atoms with Crippen LogP contribution in [-0.4, -0.2) is 5.11 Å². The number of hydrogen-bond acceptors (Lipinski definition) is 2. The van der Waals surface area contributed by atoms with Gasteiger partial charge in [-0.1, -0.05) is 17.7 Å². The van der Waals surface area contributed by atoms with Gasteiger partial charge in [0, 0.05) is 11.3 Å². The molecule has 1 aromatic heterocycles. The molecule has 0 saturated carbocycles. The number of aliphatic hydroxyl groups excluding tert-OH is 1. The van der Waals surface area contributed by atoms with Crippen LogP contribution in [0.25, 0.3) is 0 Å². The van der Waals surface area contributed by atoms with Crippen LogP contribution in [-0.2, 0) is 6.42 Å². The largest absolute Gasteiger partial charge is 0.388 e. The Morgan fingerprint density at radius 3 is 2.53 bits per heavy atom. The number of benzene rings is 1. The molecule has 0 fully saturated rings. The fraction of sp³-hybridized carbons (Fsp3) is 0.167. The summed E-state index contributed by atoms with van der Waals surface area (Å²) in [7, 11) is 0. The molecule has 1 aromatic carbocycles. The summed E-state index contributed by atoms with van der Waals surface area (Å²) < 4.78 is 26.3. The zero-order chi connectivity index (χ0) is 12.4. The molecular weight excluding hydrogens is 266 g/mol. The first-order chi connectivity index (χ1) is 8.06. The summed E-state index contributed by atoms with van der Waals surface area (Å²) >= 11 is 7.12. The van der Waals surface area contributed by atoms with E-state index in [-0.39, 0.29) is 0 Å². The van der Waals surface area contributed by atoms with Crippen LogP contribution in [0.15, 0.2) is 30.3 Å². The number of thiophene rings is 1. The Morgan fingerprint density at radius 2 is 1.94 bits per heavy atom. The average molecular weight is 275 g/mol. The van der Waals surface area contributed by atoms with E-state index in [0.29, 0.717) is 16.3 Å². The van der Waals surface area contributed by atoms with Gasteiger partial charge < -0.3 is 5.11 Å². The van der Waals surface area contributed by atoms with Crippen LogP contribution in [0.5, 0.6) is 0 Å². The Labute approximate surface area is 106 Å². The van der Waals surface area contributed by atoms with Crippen LogP contribution in [0.2, 0.25) is 4.34 Å². The molecule has 0 amide bonds. The second-order valence-electron chi connectivity index (χ2n) is 3.60. The van der Waals surface area contributed by atoms with E-state index in [4.69, 9.17) is 11.6 Å². The highest BCUT2D eigenvalue weighted by atomic mass is 35.5. The Morgan fingerprint density at radius 1 is 1.18 bits per heavy atom. The number of rotatable bonds is 3. The number of halogens is 3. The van der Waals surface area contributed by atoms with Gasteiger partial charge in [-0.3, -0.25) is 0 Å². The van der Waals surface area contributed by atoms with Gasteiger partial charge in [-0.05, 0) is 29.8 Å². The van der Waals surface area contributed by atoms with Crippen LogP contribution < -0.4 is 0 Å². The molecule has 2 rings (SSSR count). The van der Waals surface area contributed by atoms with Crippen molar-refractivity contribution in [1.82, 2.24) is 0 Å². The van der Waals surface area contributed by atoms with Crippen LogP contribution in [0, 0.1) is 11.6 Å². The topological polar surface area (TPSA) is 20.2 Å². The Bertz CT molecular complexity index is 527. The van der Waals surface area contributed by atoms with E-state index in [2.05, 4.69) is 0 Å². The third-order valence-electron chi connectivity index (χ3n) is 2.35. The summed E-state index contributed by atoms with van der Waals surface area (Å²) in [5.74, 6) is -1.87. The minimum Gasteiger partial charge on any atom is -0.388 e. The molecule has 1 atom stereocenters. The molecule has 90 valence electrons. The molecule has 1 unspecified atom stereocenters. The van der Waals surface area contributed by atoms with Crippen molar-refractivity contribution in [1.29, 1.82) is 0 Å². The van der Waals surface area contributed by atoms with E-state index in [1.807, 2.05) is 0 Å². The summed E-state index contributed by atoms with van der Waals surface area (Å²) in [5, 5.41) is 9.87. The van der Waals surface area contributed by atoms with E-state index in [1.54, 1.807) is 12.1 Å². The van der Waals surface area contributed by atoms with E-state index >= 15 is 0 Å². The molecule has 0 spiro atoms. The molecular formula is C12H9ClF2OS. The maximum absolute atomic E-state index is 13.0. The Balaban J connectivity index is 2.14. The number of hydrogen-bond donors (Lipinski definition) is 1. The molecule has 0 saturated heterocycles. The summed E-state index contributed by atoms with van der Waals surface area (Å²) in [6.07, 6.45) is -0.526. The molecule has 2 aromatic rings. The summed E-state index contributed by atoms with van der Waals surface area (Å²) in [4.78, 5) is 0.896. The van der Waals surface area contributed by atoms with Gasteiger partial charge in [0.25, 0.3) is 0 Å². The normalized spacial score (nSPS) is 12.7. The van der Waals surface area contributed by atoms with E-state index in [1.165, 1.54) is 17.4 Å². The maximum Gasteiger partial charge on any atom is 0.159 e. The second kappa shape index (κ2) is 5.12. The lowest BCUT2D eigenvalue weighted by Crippen LogP contribution is -2.01. The zero-order valence-corrected chi connectivity index (χ0v) is 10.2. The standard InChI is InChI=1S/C12H9ClF2OS/c13-12-4-2-8(17-12)6-11(16)7-1-3-9(14)10(15)5-7/h1-5,11,16H,6H2. The summed E-state index contributed by atoms with van der Waals surface area (Å²) in [5.41, 5.74) is 0.355. The van der Waals surface area contributed by atoms with E-state index < -0.39 is 17.7 Å². The first-order valence-electron chi connectivity index (χ1n) is 4.93. The monoisotopic (exact) mass is 274 g/mol. The van der Waals surface area contributed by atoms with E-state index in [0.717, 1.165) is 17.0 Å². The highest BCUT2D eigenvalue weighted by molar-refractivity contribution is 7.16. The lowest BCUT2D eigenvalue weighted by atomic mass is 10.1. The summed E-state index contributed by atoms with van der Waals surface area (Å²) in [6, 6.07) is 6.93. The predicted octanol–water partition coefficient (Wildman–Crippen LogP) is 3.96. The van der Waals surface area contributed by atoms with Crippen molar-refractivity contribution >= 4 is 22.9 Å². The van der Waals surface area contributed by atoms with Gasteiger partial charge in [0.15, 0.2) is 11.6 Å². The molecule has 0 aliphatic rings. The van der Waals surface area contributed by atoms with Gasteiger partial charge in [-0.25, -0.2) is 8.78 Å². The molecule has 0 aliphatic carbocycles. The minimum absolute atomic E-state index is 0.336. The number of aliphatic hydroxyl groups is 1. The lowest BCUT2D eigenvalue weighted by Gasteiger charge is -2.09. The van der Waals surface area contributed by atoms with Crippen molar-refractivity contribution in [2.24, 2.45) is 0 Å². The van der Waals surface area contributed by atoms with Crippen LogP contribution in [0.1, 0.15) is 16.5 Å². The van der Waals surface area contributed by atoms with E-state index in [9.17, 15) is 13.9 Å². The van der Waals surface area contributed by atoms with Crippen LogP contribution in [0.3, 0.4) is 0 Å². The van der Waals surface area contributed by atoms with Gasteiger partial charge in [0.05, 0.1) is 10.4 Å². The van der Waals surface area contributed by atoms with Gasteiger partial charge in [-0.15, -0.1) is 11.3 Å². The van der Waals surface area contributed by atoms with Crippen molar-refractivity contribution < 1.29 is 13.9 Å². The fourth-order valence-electron chi connectivity index (χ4n) is 1.49. The van der Waals surface area contributed by atoms with Crippen LogP contribution >= 0.6 is 22.9 Å². The zero-order valence-electron chi connectivity index (χ0n) is 8.66. The molecule has 5 heteroatoms. The van der Waals surface area contributed by atoms with Crippen molar-refractivity contribution in [3.63, 3.8) is 0 Å². The molecule has 0 radical (unpaired) electrons. The Kier molecular flexibility index (Phi) is 3.76. The SMILES string of the molecule is OC(Cc1ccc(Cl)s1)c1ccc(F)c(F)c1. The minimum atomic E-state index is -0.953. The molecule has 0 bridgehead atoms. The fourth-order valence-corrected chi connectivity index (χ4v) is 2.61. The average Bonchev–Trinajstić information content (AvgIpc) is 2.68. The van der Waals surface area contributed by atoms with Crippen molar-refractivity contribution in [3.8, 4) is 0 Å². The smallest absolute Gasteiger partial charge is 0.159 e. The molecule has 17 heavy (non-hydrogen) atoms. The quantitative estimate of drug-likeness (QED) is 0.898. The van der Waals surface area contributed by atoms with Crippen LogP contribution in [0.4, 0.5) is 8.78 Å². The highest BCUT2D eigenvalue weighted by Crippen LogP contribution is 2.27. The van der Waals surface area contributed by atoms with Gasteiger partial charge in [0.2, 0.25) is 0 Å². The van der Waals surface area contributed by atoms with Crippen molar-refractivity contribution in [2.45, 2.75) is 12.5 Å². The molecule has 1 N–H and O–H groups in total. The second-order valence-corrected chi connectivity index (χ2v) is 5.40. The van der Waals surface area contributed by atoms with Crippen molar-refractivity contribution in [3.05, 3.63) is 56.7 Å². The first-order valence-corrected chi connectivity index (χ1v) is 6.13. The molecule has 1 heterocycles.